The van der Waals surface area contributed by atoms with Gasteiger partial charge in [-0.1, -0.05) is 18.2 Å². The van der Waals surface area contributed by atoms with Crippen LogP contribution in [-0.2, 0) is 0 Å². The van der Waals surface area contributed by atoms with E-state index in [0.717, 1.165) is 11.3 Å². The fraction of sp³-hybridized carbons (Fsp3) is 0.235. The number of carbonyl (C=O) groups excluding carboxylic acids is 1. The number of hydrogen-bond donors (Lipinski definition) is 2. The standard InChI is InChI=1S/C17H20N2O2/c1-4-21-16-8-6-5-7-15(16)19-17(20)18-14-10-9-12(2)13(3)11-14/h5-11H,4H2,1-3H3,(H2,18,19,20). The van der Waals surface area contributed by atoms with E-state index in [-0.39, 0.29) is 6.03 Å². The second-order valence-corrected chi connectivity index (χ2v) is 4.81. The van der Waals surface area contributed by atoms with E-state index in [2.05, 4.69) is 10.6 Å². The molecule has 2 rings (SSSR count). The molecule has 0 atom stereocenters. The van der Waals surface area contributed by atoms with Gasteiger partial charge < -0.3 is 15.4 Å². The second kappa shape index (κ2) is 6.79. The Morgan fingerprint density at radius 1 is 1.05 bits per heavy atom. The number of benzene rings is 2. The van der Waals surface area contributed by atoms with Gasteiger partial charge >= 0.3 is 6.03 Å². The molecule has 2 aromatic carbocycles. The molecule has 0 bridgehead atoms. The van der Waals surface area contributed by atoms with Gasteiger partial charge in [-0.15, -0.1) is 0 Å². The molecular weight excluding hydrogens is 264 g/mol. The van der Waals surface area contributed by atoms with Crippen molar-refractivity contribution in [1.82, 2.24) is 0 Å². The highest BCUT2D eigenvalue weighted by atomic mass is 16.5. The fourth-order valence-corrected chi connectivity index (χ4v) is 1.96. The van der Waals surface area contributed by atoms with Gasteiger partial charge in [-0.3, -0.25) is 0 Å². The Morgan fingerprint density at radius 3 is 2.52 bits per heavy atom. The van der Waals surface area contributed by atoms with E-state index in [1.165, 1.54) is 5.56 Å². The van der Waals surface area contributed by atoms with Crippen molar-refractivity contribution in [2.75, 3.05) is 17.2 Å². The first kappa shape index (κ1) is 14.9. The Bertz CT molecular complexity index is 638. The van der Waals surface area contributed by atoms with Crippen molar-refractivity contribution >= 4 is 17.4 Å². The Kier molecular flexibility index (Phi) is 4.82. The number of amides is 2. The summed E-state index contributed by atoms with van der Waals surface area (Å²) in [5.74, 6) is 0.662. The van der Waals surface area contributed by atoms with Crippen molar-refractivity contribution in [3.63, 3.8) is 0 Å². The average molecular weight is 284 g/mol. The van der Waals surface area contributed by atoms with Gasteiger partial charge in [0.2, 0.25) is 0 Å². The number of hydrogen-bond acceptors (Lipinski definition) is 2. The van der Waals surface area contributed by atoms with E-state index in [4.69, 9.17) is 4.74 Å². The van der Waals surface area contributed by atoms with Gasteiger partial charge in [0, 0.05) is 5.69 Å². The maximum atomic E-state index is 12.1. The Balaban J connectivity index is 2.06. The normalized spacial score (nSPS) is 10.0. The lowest BCUT2D eigenvalue weighted by atomic mass is 10.1. The zero-order valence-corrected chi connectivity index (χ0v) is 12.6. The van der Waals surface area contributed by atoms with Crippen molar-refractivity contribution in [3.05, 3.63) is 53.6 Å². The number of ether oxygens (including phenoxy) is 1. The molecule has 0 spiro atoms. The van der Waals surface area contributed by atoms with Crippen molar-refractivity contribution in [2.24, 2.45) is 0 Å². The Labute approximate surface area is 125 Å². The van der Waals surface area contributed by atoms with Crippen LogP contribution in [0, 0.1) is 13.8 Å². The smallest absolute Gasteiger partial charge is 0.323 e. The summed E-state index contributed by atoms with van der Waals surface area (Å²) in [5.41, 5.74) is 3.76. The lowest BCUT2D eigenvalue weighted by Gasteiger charge is -2.12. The molecule has 0 aliphatic heterocycles. The third-order valence-corrected chi connectivity index (χ3v) is 3.20. The summed E-state index contributed by atoms with van der Waals surface area (Å²) in [6, 6.07) is 12.9. The summed E-state index contributed by atoms with van der Waals surface area (Å²) in [6.45, 7) is 6.52. The third kappa shape index (κ3) is 3.99. The molecule has 4 heteroatoms. The molecule has 4 nitrogen and oxygen atoms in total. The highest BCUT2D eigenvalue weighted by Crippen LogP contribution is 2.24. The van der Waals surface area contributed by atoms with Gasteiger partial charge in [0.1, 0.15) is 5.75 Å². The minimum absolute atomic E-state index is 0.287. The largest absolute Gasteiger partial charge is 0.492 e. The number of nitrogens with one attached hydrogen (secondary N) is 2. The number of anilines is 2. The van der Waals surface area contributed by atoms with E-state index in [1.807, 2.05) is 63.2 Å². The molecular formula is C17H20N2O2. The zero-order valence-electron chi connectivity index (χ0n) is 12.6. The van der Waals surface area contributed by atoms with Crippen molar-refractivity contribution in [3.8, 4) is 5.75 Å². The summed E-state index contributed by atoms with van der Waals surface area (Å²) in [6.07, 6.45) is 0. The number of rotatable bonds is 4. The lowest BCUT2D eigenvalue weighted by molar-refractivity contribution is 0.262. The number of aryl methyl sites for hydroxylation is 2. The third-order valence-electron chi connectivity index (χ3n) is 3.20. The first-order valence-electron chi connectivity index (χ1n) is 6.97. The van der Waals surface area contributed by atoms with Gasteiger partial charge in [-0.05, 0) is 56.2 Å². The van der Waals surface area contributed by atoms with E-state index in [1.54, 1.807) is 0 Å². The molecule has 0 unspecified atom stereocenters. The van der Waals surface area contributed by atoms with Crippen LogP contribution in [-0.4, -0.2) is 12.6 Å². The summed E-state index contributed by atoms with van der Waals surface area (Å²) < 4.78 is 5.48. The number of para-hydroxylation sites is 2. The van der Waals surface area contributed by atoms with E-state index in [9.17, 15) is 4.79 Å². The topological polar surface area (TPSA) is 50.4 Å². The summed E-state index contributed by atoms with van der Waals surface area (Å²) in [7, 11) is 0. The molecule has 2 amide bonds. The molecule has 0 radical (unpaired) electrons. The highest BCUT2D eigenvalue weighted by Gasteiger charge is 2.07. The van der Waals surface area contributed by atoms with Crippen LogP contribution in [0.2, 0.25) is 0 Å². The maximum Gasteiger partial charge on any atom is 0.323 e. The Hall–Kier alpha value is -2.49. The monoisotopic (exact) mass is 284 g/mol. The van der Waals surface area contributed by atoms with Crippen LogP contribution in [0.5, 0.6) is 5.75 Å². The molecule has 0 saturated carbocycles. The highest BCUT2D eigenvalue weighted by molar-refractivity contribution is 6.00. The van der Waals surface area contributed by atoms with Crippen LogP contribution < -0.4 is 15.4 Å². The predicted molar refractivity (Wildman–Crippen MR) is 86.2 cm³/mol. The summed E-state index contributed by atoms with van der Waals surface area (Å²) in [5, 5.41) is 5.63. The predicted octanol–water partition coefficient (Wildman–Crippen LogP) is 4.35. The van der Waals surface area contributed by atoms with Gasteiger partial charge in [-0.2, -0.15) is 0 Å². The van der Waals surface area contributed by atoms with E-state index >= 15 is 0 Å². The van der Waals surface area contributed by atoms with Crippen LogP contribution in [0.1, 0.15) is 18.1 Å². The fourth-order valence-electron chi connectivity index (χ4n) is 1.96. The van der Waals surface area contributed by atoms with Crippen LogP contribution >= 0.6 is 0 Å². The van der Waals surface area contributed by atoms with E-state index in [0.29, 0.717) is 18.0 Å². The van der Waals surface area contributed by atoms with Gasteiger partial charge in [0.05, 0.1) is 12.3 Å². The lowest BCUT2D eigenvalue weighted by Crippen LogP contribution is -2.20. The van der Waals surface area contributed by atoms with Crippen LogP contribution in [0.15, 0.2) is 42.5 Å². The van der Waals surface area contributed by atoms with Crippen LogP contribution in [0.25, 0.3) is 0 Å². The minimum atomic E-state index is -0.287. The molecule has 0 saturated heterocycles. The second-order valence-electron chi connectivity index (χ2n) is 4.81. The van der Waals surface area contributed by atoms with Gasteiger partial charge in [0.15, 0.2) is 0 Å². The first-order chi connectivity index (χ1) is 10.1. The van der Waals surface area contributed by atoms with Gasteiger partial charge in [0.25, 0.3) is 0 Å². The summed E-state index contributed by atoms with van der Waals surface area (Å²) in [4.78, 5) is 12.1. The molecule has 2 aromatic rings. The maximum absolute atomic E-state index is 12.1. The SMILES string of the molecule is CCOc1ccccc1NC(=O)Nc1ccc(C)c(C)c1. The van der Waals surface area contributed by atoms with Crippen LogP contribution in [0.3, 0.4) is 0 Å². The number of carbonyl (C=O) groups is 1. The van der Waals surface area contributed by atoms with Crippen molar-refractivity contribution < 1.29 is 9.53 Å². The molecule has 2 N–H and O–H groups in total. The molecule has 21 heavy (non-hydrogen) atoms. The Morgan fingerprint density at radius 2 is 1.81 bits per heavy atom. The number of urea groups is 1. The first-order valence-corrected chi connectivity index (χ1v) is 6.97. The summed E-state index contributed by atoms with van der Waals surface area (Å²) >= 11 is 0. The molecule has 0 fully saturated rings. The average Bonchev–Trinajstić information content (AvgIpc) is 2.45. The van der Waals surface area contributed by atoms with Crippen molar-refractivity contribution in [1.29, 1.82) is 0 Å². The van der Waals surface area contributed by atoms with E-state index < -0.39 is 0 Å². The molecule has 0 aliphatic carbocycles. The van der Waals surface area contributed by atoms with Gasteiger partial charge in [-0.25, -0.2) is 4.79 Å². The molecule has 0 aromatic heterocycles. The quantitative estimate of drug-likeness (QED) is 0.877. The minimum Gasteiger partial charge on any atom is -0.492 e. The molecule has 0 heterocycles. The van der Waals surface area contributed by atoms with Crippen molar-refractivity contribution in [2.45, 2.75) is 20.8 Å². The van der Waals surface area contributed by atoms with Crippen LogP contribution in [0.4, 0.5) is 16.2 Å². The molecule has 110 valence electrons. The molecule has 0 aliphatic rings. The zero-order chi connectivity index (χ0) is 15.2.